The van der Waals surface area contributed by atoms with E-state index < -0.39 is 5.60 Å². The van der Waals surface area contributed by atoms with Crippen LogP contribution in [0.4, 0.5) is 0 Å². The minimum Gasteiger partial charge on any atom is -0.482 e. The number of esters is 1. The highest BCUT2D eigenvalue weighted by Gasteiger charge is 2.16. The average Bonchev–Trinajstić information content (AvgIpc) is 2.17. The fraction of sp³-hybridized carbons (Fsp3) is 0.417. The number of hydrogen-bond acceptors (Lipinski definition) is 3. The highest BCUT2D eigenvalue weighted by Crippen LogP contribution is 2.23. The number of halogens is 2. The van der Waals surface area contributed by atoms with Crippen molar-refractivity contribution < 1.29 is 14.3 Å². The van der Waals surface area contributed by atoms with Gasteiger partial charge in [0.05, 0.1) is 5.02 Å². The number of ether oxygens (including phenoxy) is 2. The standard InChI is InChI=1S/C12H14ClIO3/c1-12(2,3)17-11(15)7-16-8-4-5-9(13)10(14)6-8/h4-6H,7H2,1-3H3. The second-order valence-electron chi connectivity index (χ2n) is 4.45. The first-order valence-corrected chi connectivity index (χ1v) is 6.53. The Kier molecular flexibility index (Phi) is 5.06. The molecule has 0 heterocycles. The van der Waals surface area contributed by atoms with Crippen molar-refractivity contribution in [1.29, 1.82) is 0 Å². The summed E-state index contributed by atoms with van der Waals surface area (Å²) in [5.74, 6) is 0.215. The first-order chi connectivity index (χ1) is 7.78. The molecule has 0 amide bonds. The molecule has 0 atom stereocenters. The van der Waals surface area contributed by atoms with Crippen LogP contribution in [0.15, 0.2) is 18.2 Å². The minimum absolute atomic E-state index is 0.102. The summed E-state index contributed by atoms with van der Waals surface area (Å²) in [6.07, 6.45) is 0. The Morgan fingerprint density at radius 2 is 2.06 bits per heavy atom. The van der Waals surface area contributed by atoms with E-state index in [2.05, 4.69) is 22.6 Å². The zero-order valence-electron chi connectivity index (χ0n) is 9.92. The number of hydrogen-bond donors (Lipinski definition) is 0. The highest BCUT2D eigenvalue weighted by molar-refractivity contribution is 14.1. The molecule has 0 saturated heterocycles. The van der Waals surface area contributed by atoms with Gasteiger partial charge < -0.3 is 9.47 Å². The third-order valence-corrected chi connectivity index (χ3v) is 3.21. The Hall–Kier alpha value is -0.490. The molecule has 0 aliphatic heterocycles. The van der Waals surface area contributed by atoms with E-state index in [0.29, 0.717) is 10.8 Å². The number of carbonyl (C=O) groups is 1. The lowest BCUT2D eigenvalue weighted by atomic mass is 10.2. The zero-order valence-corrected chi connectivity index (χ0v) is 12.8. The molecule has 0 spiro atoms. The lowest BCUT2D eigenvalue weighted by molar-refractivity contribution is -0.157. The van der Waals surface area contributed by atoms with Gasteiger partial charge in [-0.25, -0.2) is 4.79 Å². The fourth-order valence-electron chi connectivity index (χ4n) is 1.08. The second kappa shape index (κ2) is 5.91. The van der Waals surface area contributed by atoms with Crippen molar-refractivity contribution in [2.75, 3.05) is 6.61 Å². The quantitative estimate of drug-likeness (QED) is 0.603. The summed E-state index contributed by atoms with van der Waals surface area (Å²) in [7, 11) is 0. The molecule has 1 aromatic rings. The third kappa shape index (κ3) is 5.59. The van der Waals surface area contributed by atoms with Crippen LogP contribution in [0.3, 0.4) is 0 Å². The third-order valence-electron chi connectivity index (χ3n) is 1.67. The maximum absolute atomic E-state index is 11.4. The maximum atomic E-state index is 11.4. The van der Waals surface area contributed by atoms with Gasteiger partial charge in [0.2, 0.25) is 0 Å². The summed E-state index contributed by atoms with van der Waals surface area (Å²) in [5, 5.41) is 0.662. The van der Waals surface area contributed by atoms with Crippen LogP contribution < -0.4 is 4.74 Å². The van der Waals surface area contributed by atoms with Gasteiger partial charge in [0, 0.05) is 3.57 Å². The van der Waals surface area contributed by atoms with Crippen molar-refractivity contribution in [3.8, 4) is 5.75 Å². The summed E-state index contributed by atoms with van der Waals surface area (Å²) < 4.78 is 11.3. The van der Waals surface area contributed by atoms with E-state index in [9.17, 15) is 4.79 Å². The van der Waals surface area contributed by atoms with Crippen LogP contribution in [0.1, 0.15) is 20.8 Å². The van der Waals surface area contributed by atoms with Crippen LogP contribution in [0.5, 0.6) is 5.75 Å². The fourth-order valence-corrected chi connectivity index (χ4v) is 1.68. The molecule has 0 N–H and O–H groups in total. The molecule has 0 fully saturated rings. The van der Waals surface area contributed by atoms with Crippen LogP contribution in [0.2, 0.25) is 5.02 Å². The molecule has 1 rings (SSSR count). The molecule has 0 saturated carbocycles. The molecular weight excluding hydrogens is 354 g/mol. The Morgan fingerprint density at radius 3 is 2.59 bits per heavy atom. The van der Waals surface area contributed by atoms with Crippen LogP contribution >= 0.6 is 34.2 Å². The largest absolute Gasteiger partial charge is 0.482 e. The molecule has 3 nitrogen and oxygen atoms in total. The van der Waals surface area contributed by atoms with Crippen LogP contribution in [-0.4, -0.2) is 18.2 Å². The summed E-state index contributed by atoms with van der Waals surface area (Å²) >= 11 is 7.98. The molecule has 0 unspecified atom stereocenters. The van der Waals surface area contributed by atoms with E-state index in [1.807, 2.05) is 20.8 Å². The molecule has 0 aliphatic carbocycles. The average molecular weight is 369 g/mol. The normalized spacial score (nSPS) is 11.1. The Bertz CT molecular complexity index is 413. The molecule has 17 heavy (non-hydrogen) atoms. The van der Waals surface area contributed by atoms with Gasteiger partial charge in [0.15, 0.2) is 6.61 Å². The van der Waals surface area contributed by atoms with Crippen LogP contribution in [0.25, 0.3) is 0 Å². The lowest BCUT2D eigenvalue weighted by Gasteiger charge is -2.19. The topological polar surface area (TPSA) is 35.5 Å². The van der Waals surface area contributed by atoms with Crippen LogP contribution in [0, 0.1) is 3.57 Å². The number of rotatable bonds is 3. The second-order valence-corrected chi connectivity index (χ2v) is 6.02. The van der Waals surface area contributed by atoms with Gasteiger partial charge in [-0.15, -0.1) is 0 Å². The molecule has 0 bridgehead atoms. The van der Waals surface area contributed by atoms with Crippen LogP contribution in [-0.2, 0) is 9.53 Å². The highest BCUT2D eigenvalue weighted by atomic mass is 127. The van der Waals surface area contributed by atoms with E-state index in [-0.39, 0.29) is 12.6 Å². The molecule has 94 valence electrons. The molecule has 0 aromatic heterocycles. The molecule has 0 radical (unpaired) electrons. The Morgan fingerprint density at radius 1 is 1.41 bits per heavy atom. The molecule has 1 aromatic carbocycles. The van der Waals surface area contributed by atoms with Gasteiger partial charge in [-0.1, -0.05) is 11.6 Å². The lowest BCUT2D eigenvalue weighted by Crippen LogP contribution is -2.27. The predicted molar refractivity (Wildman–Crippen MR) is 75.5 cm³/mol. The van der Waals surface area contributed by atoms with Gasteiger partial charge in [-0.2, -0.15) is 0 Å². The van der Waals surface area contributed by atoms with Crippen molar-refractivity contribution >= 4 is 40.2 Å². The summed E-state index contributed by atoms with van der Waals surface area (Å²) in [6, 6.07) is 5.22. The first-order valence-electron chi connectivity index (χ1n) is 5.07. The summed E-state index contributed by atoms with van der Waals surface area (Å²) in [6.45, 7) is 5.34. The van der Waals surface area contributed by atoms with E-state index in [4.69, 9.17) is 21.1 Å². The van der Waals surface area contributed by atoms with E-state index >= 15 is 0 Å². The Labute approximate surface area is 120 Å². The number of benzene rings is 1. The molecule has 5 heteroatoms. The predicted octanol–water partition coefficient (Wildman–Crippen LogP) is 3.67. The van der Waals surface area contributed by atoms with Crippen molar-refractivity contribution in [3.05, 3.63) is 26.8 Å². The van der Waals surface area contributed by atoms with E-state index in [0.717, 1.165) is 3.57 Å². The van der Waals surface area contributed by atoms with Crippen molar-refractivity contribution in [2.24, 2.45) is 0 Å². The van der Waals surface area contributed by atoms with E-state index in [1.165, 1.54) is 0 Å². The maximum Gasteiger partial charge on any atom is 0.344 e. The first kappa shape index (κ1) is 14.6. The zero-order chi connectivity index (χ0) is 13.1. The monoisotopic (exact) mass is 368 g/mol. The van der Waals surface area contributed by atoms with Gasteiger partial charge in [0.1, 0.15) is 11.4 Å². The Balaban J connectivity index is 2.50. The van der Waals surface area contributed by atoms with Crippen molar-refractivity contribution in [2.45, 2.75) is 26.4 Å². The van der Waals surface area contributed by atoms with Gasteiger partial charge in [-0.05, 0) is 61.6 Å². The smallest absolute Gasteiger partial charge is 0.344 e. The molecular formula is C12H14ClIO3. The van der Waals surface area contributed by atoms with Gasteiger partial charge >= 0.3 is 5.97 Å². The van der Waals surface area contributed by atoms with E-state index in [1.54, 1.807) is 18.2 Å². The SMILES string of the molecule is CC(C)(C)OC(=O)COc1ccc(Cl)c(I)c1. The number of carbonyl (C=O) groups excluding carboxylic acids is 1. The van der Waals surface area contributed by atoms with Crippen molar-refractivity contribution in [3.63, 3.8) is 0 Å². The molecule has 0 aliphatic rings. The summed E-state index contributed by atoms with van der Waals surface area (Å²) in [5.41, 5.74) is -0.491. The van der Waals surface area contributed by atoms with Gasteiger partial charge in [-0.3, -0.25) is 0 Å². The minimum atomic E-state index is -0.491. The summed E-state index contributed by atoms with van der Waals surface area (Å²) in [4.78, 5) is 11.4. The van der Waals surface area contributed by atoms with Crippen molar-refractivity contribution in [1.82, 2.24) is 0 Å². The van der Waals surface area contributed by atoms with Gasteiger partial charge in [0.25, 0.3) is 0 Å².